The molecule has 0 nitrogen and oxygen atoms in total. The molecule has 2 heteroatoms. The zero-order valence-corrected chi connectivity index (χ0v) is 21.3. The van der Waals surface area contributed by atoms with E-state index < -0.39 is 0 Å². The second kappa shape index (κ2) is 10.3. The quantitative estimate of drug-likeness (QED) is 0.201. The second-order valence-electron chi connectivity index (χ2n) is 8.53. The first-order chi connectivity index (χ1) is 17.9. The summed E-state index contributed by atoms with van der Waals surface area (Å²) < 4.78 is 0. The van der Waals surface area contributed by atoms with Gasteiger partial charge < -0.3 is 0 Å². The van der Waals surface area contributed by atoms with Gasteiger partial charge >= 0.3 is 0 Å². The lowest BCUT2D eigenvalue weighted by molar-refractivity contribution is 1.50. The maximum Gasteiger partial charge on any atom is 0.0355 e. The van der Waals surface area contributed by atoms with E-state index in [0.29, 0.717) is 0 Å². The highest BCUT2D eigenvalue weighted by molar-refractivity contribution is 7.14. The summed E-state index contributed by atoms with van der Waals surface area (Å²) in [4.78, 5) is 2.57. The molecule has 4 aromatic carbocycles. The minimum absolute atomic E-state index is 1.21. The molecule has 0 aliphatic carbocycles. The van der Waals surface area contributed by atoms with Crippen LogP contribution in [0.15, 0.2) is 144 Å². The lowest BCUT2D eigenvalue weighted by Crippen LogP contribution is -2.00. The number of hydrogen-bond donors (Lipinski definition) is 0. The standard InChI is InChI=1S/C34H24S2/c1-4-13-25(14-5-1)32(26-15-6-2-7-16-26)33(27-17-8-3-9-18-27)29-20-10-19-28(30-21-11-23-35-30)34(29)31-22-12-24-36-31/h1-24H. The highest BCUT2D eigenvalue weighted by atomic mass is 32.1. The van der Waals surface area contributed by atoms with Crippen LogP contribution in [0, 0.1) is 0 Å². The molecule has 0 radical (unpaired) electrons. The van der Waals surface area contributed by atoms with Crippen LogP contribution >= 0.6 is 22.7 Å². The van der Waals surface area contributed by atoms with E-state index in [0.717, 1.165) is 0 Å². The van der Waals surface area contributed by atoms with Gasteiger partial charge in [0.05, 0.1) is 0 Å². The third-order valence-electron chi connectivity index (χ3n) is 6.33. The molecule has 2 aromatic heterocycles. The number of thiophene rings is 2. The fourth-order valence-corrected chi connectivity index (χ4v) is 6.34. The highest BCUT2D eigenvalue weighted by Crippen LogP contribution is 2.46. The Bertz CT molecular complexity index is 1540. The van der Waals surface area contributed by atoms with Gasteiger partial charge in [-0.3, -0.25) is 0 Å². The molecule has 0 spiro atoms. The zero-order valence-electron chi connectivity index (χ0n) is 19.7. The van der Waals surface area contributed by atoms with E-state index >= 15 is 0 Å². The van der Waals surface area contributed by atoms with Gasteiger partial charge in [-0.25, -0.2) is 0 Å². The van der Waals surface area contributed by atoms with Crippen molar-refractivity contribution in [2.75, 3.05) is 0 Å². The van der Waals surface area contributed by atoms with Crippen LogP contribution in [0.3, 0.4) is 0 Å². The van der Waals surface area contributed by atoms with E-state index in [2.05, 4.69) is 144 Å². The van der Waals surface area contributed by atoms with Crippen molar-refractivity contribution >= 4 is 33.8 Å². The van der Waals surface area contributed by atoms with Crippen molar-refractivity contribution in [2.24, 2.45) is 0 Å². The van der Waals surface area contributed by atoms with Gasteiger partial charge in [0.25, 0.3) is 0 Å². The fraction of sp³-hybridized carbons (Fsp3) is 0. The van der Waals surface area contributed by atoms with E-state index in [4.69, 9.17) is 0 Å². The van der Waals surface area contributed by atoms with Gasteiger partial charge in [0.15, 0.2) is 0 Å². The molecular formula is C34H24S2. The van der Waals surface area contributed by atoms with E-state index in [1.54, 1.807) is 22.7 Å². The molecule has 0 atom stereocenters. The van der Waals surface area contributed by atoms with Crippen LogP contribution < -0.4 is 0 Å². The Morgan fingerprint density at radius 2 is 0.889 bits per heavy atom. The Hall–Kier alpha value is -3.98. The largest absolute Gasteiger partial charge is 0.144 e. The highest BCUT2D eigenvalue weighted by Gasteiger charge is 2.22. The van der Waals surface area contributed by atoms with Gasteiger partial charge in [-0.15, -0.1) is 22.7 Å². The van der Waals surface area contributed by atoms with Crippen molar-refractivity contribution < 1.29 is 0 Å². The average molecular weight is 497 g/mol. The molecule has 0 aliphatic heterocycles. The summed E-state index contributed by atoms with van der Waals surface area (Å²) in [6, 6.07) is 47.9. The number of rotatable bonds is 6. The lowest BCUT2D eigenvalue weighted by atomic mass is 9.82. The van der Waals surface area contributed by atoms with Crippen LogP contribution in [0.2, 0.25) is 0 Å². The van der Waals surface area contributed by atoms with Gasteiger partial charge in [0, 0.05) is 20.9 Å². The van der Waals surface area contributed by atoms with Gasteiger partial charge in [0.1, 0.15) is 0 Å². The van der Waals surface area contributed by atoms with Gasteiger partial charge in [-0.2, -0.15) is 0 Å². The van der Waals surface area contributed by atoms with Crippen molar-refractivity contribution in [1.82, 2.24) is 0 Å². The molecule has 0 aliphatic rings. The second-order valence-corrected chi connectivity index (χ2v) is 10.4. The molecule has 0 saturated carbocycles. The van der Waals surface area contributed by atoms with Crippen molar-refractivity contribution in [2.45, 2.75) is 0 Å². The molecule has 2 heterocycles. The van der Waals surface area contributed by atoms with E-state index in [9.17, 15) is 0 Å². The summed E-state index contributed by atoms with van der Waals surface area (Å²) in [5.74, 6) is 0. The van der Waals surface area contributed by atoms with Crippen molar-refractivity contribution in [3.05, 3.63) is 166 Å². The molecule has 0 unspecified atom stereocenters. The van der Waals surface area contributed by atoms with Crippen LogP contribution in [-0.4, -0.2) is 0 Å². The zero-order chi connectivity index (χ0) is 24.2. The minimum Gasteiger partial charge on any atom is -0.144 e. The fourth-order valence-electron chi connectivity index (χ4n) is 4.79. The third-order valence-corrected chi connectivity index (χ3v) is 8.12. The van der Waals surface area contributed by atoms with E-state index in [-0.39, 0.29) is 0 Å². The summed E-state index contributed by atoms with van der Waals surface area (Å²) in [6.07, 6.45) is 0. The predicted molar refractivity (Wildman–Crippen MR) is 157 cm³/mol. The minimum atomic E-state index is 1.21. The van der Waals surface area contributed by atoms with Crippen molar-refractivity contribution in [3.8, 4) is 20.9 Å². The predicted octanol–water partition coefficient (Wildman–Crippen LogP) is 10.2. The van der Waals surface area contributed by atoms with E-state index in [1.165, 1.54) is 54.3 Å². The summed E-state index contributed by atoms with van der Waals surface area (Å²) in [5, 5.41) is 4.33. The van der Waals surface area contributed by atoms with Crippen LogP contribution in [-0.2, 0) is 0 Å². The first-order valence-corrected chi connectivity index (χ1v) is 13.8. The molecule has 172 valence electrons. The monoisotopic (exact) mass is 496 g/mol. The summed E-state index contributed by atoms with van der Waals surface area (Å²) in [5.41, 5.74) is 9.93. The molecule has 0 N–H and O–H groups in total. The Morgan fingerprint density at radius 3 is 1.39 bits per heavy atom. The molecular weight excluding hydrogens is 473 g/mol. The van der Waals surface area contributed by atoms with Gasteiger partial charge in [-0.1, -0.05) is 121 Å². The molecule has 6 rings (SSSR count). The average Bonchev–Trinajstić information content (AvgIpc) is 3.68. The molecule has 0 saturated heterocycles. The normalized spacial score (nSPS) is 10.8. The van der Waals surface area contributed by atoms with Gasteiger partial charge in [-0.05, 0) is 56.3 Å². The topological polar surface area (TPSA) is 0 Å². The Balaban J connectivity index is 1.77. The maximum absolute atomic E-state index is 2.29. The molecule has 36 heavy (non-hydrogen) atoms. The smallest absolute Gasteiger partial charge is 0.0355 e. The summed E-state index contributed by atoms with van der Waals surface area (Å²) in [6.45, 7) is 0. The Morgan fingerprint density at radius 1 is 0.389 bits per heavy atom. The number of hydrogen-bond acceptors (Lipinski definition) is 2. The van der Waals surface area contributed by atoms with Gasteiger partial charge in [0.2, 0.25) is 0 Å². The van der Waals surface area contributed by atoms with Crippen LogP contribution in [0.5, 0.6) is 0 Å². The lowest BCUT2D eigenvalue weighted by Gasteiger charge is -2.21. The Kier molecular flexibility index (Phi) is 6.45. The third kappa shape index (κ3) is 4.37. The summed E-state index contributed by atoms with van der Waals surface area (Å²) >= 11 is 3.59. The molecule has 0 fully saturated rings. The molecule has 0 bridgehead atoms. The first-order valence-electron chi connectivity index (χ1n) is 12.0. The van der Waals surface area contributed by atoms with Crippen LogP contribution in [0.25, 0.3) is 32.0 Å². The maximum atomic E-state index is 2.29. The van der Waals surface area contributed by atoms with E-state index in [1.807, 2.05) is 0 Å². The molecule has 0 amide bonds. The van der Waals surface area contributed by atoms with Crippen molar-refractivity contribution in [1.29, 1.82) is 0 Å². The molecule has 6 aromatic rings. The van der Waals surface area contributed by atoms with Crippen LogP contribution in [0.4, 0.5) is 0 Å². The van der Waals surface area contributed by atoms with Crippen molar-refractivity contribution in [3.63, 3.8) is 0 Å². The number of benzene rings is 4. The SMILES string of the molecule is c1ccc(C(=C(c2ccccc2)c2cccc(-c3cccs3)c2-c2cccs2)c2ccccc2)cc1. The summed E-state index contributed by atoms with van der Waals surface area (Å²) in [7, 11) is 0. The first kappa shape index (κ1) is 22.5. The Labute approximate surface area is 220 Å². The van der Waals surface area contributed by atoms with Crippen LogP contribution in [0.1, 0.15) is 22.3 Å².